The molecule has 0 atom stereocenters. The Balaban J connectivity index is 0.000000131. The van der Waals surface area contributed by atoms with Crippen LogP contribution in [0.2, 0.25) is 49.4 Å². The van der Waals surface area contributed by atoms with Crippen molar-refractivity contribution in [1.29, 1.82) is 0 Å². The Bertz CT molecular complexity index is 6200. The lowest BCUT2D eigenvalue weighted by Gasteiger charge is -2.55. The Morgan fingerprint density at radius 1 is 0.241 bits per heavy atom. The molecule has 710 valence electrons. The van der Waals surface area contributed by atoms with Gasteiger partial charge in [-0.05, 0) is 164 Å². The van der Waals surface area contributed by atoms with Crippen molar-refractivity contribution in [3.8, 4) is 16.8 Å². The van der Waals surface area contributed by atoms with Crippen molar-refractivity contribution in [3.63, 3.8) is 0 Å². The molecule has 15 aromatic rings. The van der Waals surface area contributed by atoms with Gasteiger partial charge < -0.3 is 4.57 Å². The molecule has 1 aliphatic heterocycles. The number of benzene rings is 14. The predicted molar refractivity (Wildman–Crippen MR) is 617 cm³/mol. The van der Waals surface area contributed by atoms with E-state index in [0.717, 1.165) is 16.6 Å². The number of para-hydroxylation sites is 2. The number of nitrogens with zero attached hydrogens (tertiary/aromatic N) is 1. The number of aromatic nitrogens is 1. The Kier molecular flexibility index (Phi) is 30.9. The molecule has 1 aromatic heterocycles. The van der Waals surface area contributed by atoms with Crippen LogP contribution in [0.4, 0.5) is 0 Å². The normalized spacial score (nSPS) is 15.4. The highest BCUT2D eigenvalue weighted by Gasteiger charge is 2.56. The van der Waals surface area contributed by atoms with Crippen LogP contribution in [0, 0.1) is 0 Å². The van der Waals surface area contributed by atoms with Gasteiger partial charge >= 0.3 is 0 Å². The zero-order chi connectivity index (χ0) is 97.6. The van der Waals surface area contributed by atoms with Gasteiger partial charge in [-0.2, -0.15) is 0 Å². The maximum Gasteiger partial charge on any atom is 0.179 e. The van der Waals surface area contributed by atoms with Crippen molar-refractivity contribution in [2.75, 3.05) is 0 Å². The minimum absolute atomic E-state index is 0.00972. The van der Waals surface area contributed by atoms with Gasteiger partial charge in [-0.3, -0.25) is 0 Å². The van der Waals surface area contributed by atoms with Crippen molar-refractivity contribution in [1.82, 2.24) is 4.57 Å². The summed E-state index contributed by atoms with van der Waals surface area (Å²) >= 11 is 0. The van der Waals surface area contributed by atoms with Gasteiger partial charge in [0.05, 0.1) is 27.2 Å². The van der Waals surface area contributed by atoms with E-state index in [1.807, 2.05) is 5.19 Å². The first-order valence-corrected chi connectivity index (χ1v) is 65.1. The van der Waals surface area contributed by atoms with Crippen molar-refractivity contribution < 1.29 is 0 Å². The molecular formula is C131H161NSi5. The first kappa shape index (κ1) is 101. The predicted octanol–water partition coefficient (Wildman–Crippen LogP) is 29.1. The quantitative estimate of drug-likeness (QED) is 0.0755. The lowest BCUT2D eigenvalue weighted by Crippen LogP contribution is -2.76. The molecule has 6 heteroatoms. The molecule has 3 saturated carbocycles. The Morgan fingerprint density at radius 2 is 0.526 bits per heavy atom. The molecule has 0 radical (unpaired) electrons. The molecule has 137 heavy (non-hydrogen) atoms. The molecule has 0 unspecified atom stereocenters. The Hall–Kier alpha value is -10.0. The van der Waals surface area contributed by atoms with E-state index in [1.165, 1.54) is 166 Å². The molecule has 0 saturated heterocycles. The minimum atomic E-state index is -2.56. The molecule has 0 amide bonds. The molecule has 4 aliphatic rings. The zero-order valence-corrected chi connectivity index (χ0v) is 92.8. The zero-order valence-electron chi connectivity index (χ0n) is 87.8. The summed E-state index contributed by atoms with van der Waals surface area (Å²) in [6.45, 7) is 55.0. The fraction of sp³-hybridized carbons (Fsp3) is 0.359. The van der Waals surface area contributed by atoms with Gasteiger partial charge in [0.1, 0.15) is 8.07 Å². The largest absolute Gasteiger partial charge is 0.309 e. The highest BCUT2D eigenvalue weighted by Crippen LogP contribution is 2.58. The summed E-state index contributed by atoms with van der Waals surface area (Å²) in [7, 11) is -9.66. The maximum atomic E-state index is 2.67. The Morgan fingerprint density at radius 3 is 0.905 bits per heavy atom. The smallest absolute Gasteiger partial charge is 0.179 e. The summed E-state index contributed by atoms with van der Waals surface area (Å²) in [5.41, 5.74) is 19.9. The summed E-state index contributed by atoms with van der Waals surface area (Å²) in [4.78, 5) is 0. The van der Waals surface area contributed by atoms with E-state index in [4.69, 9.17) is 0 Å². The van der Waals surface area contributed by atoms with Crippen LogP contribution >= 0.6 is 0 Å². The summed E-state index contributed by atoms with van der Waals surface area (Å²) < 4.78 is 2.48. The van der Waals surface area contributed by atoms with Gasteiger partial charge in [0, 0.05) is 16.5 Å². The fourth-order valence-corrected chi connectivity index (χ4v) is 50.3. The van der Waals surface area contributed by atoms with Gasteiger partial charge in [0.2, 0.25) is 0 Å². The van der Waals surface area contributed by atoms with Crippen molar-refractivity contribution in [2.45, 2.75) is 303 Å². The van der Waals surface area contributed by atoms with E-state index in [2.05, 4.69) is 520 Å². The van der Waals surface area contributed by atoms with Crippen LogP contribution in [-0.2, 0) is 32.5 Å². The second-order valence-corrected chi connectivity index (χ2v) is 69.9. The highest BCUT2D eigenvalue weighted by atomic mass is 28.3. The van der Waals surface area contributed by atoms with E-state index < -0.39 is 40.4 Å². The molecule has 0 bridgehead atoms. The first-order valence-electron chi connectivity index (χ1n) is 52.3. The standard InChI is InChI=1S/C32H36Si.C28H46Si.C28H28Si.C25H29NSi.C18H22Si/c1-31(2,3)28-23-16-24-29(30(28)32(4,5)6)33(25-17-10-7-11-18-25,26-19-12-8-13-20-26)27-21-14-9-15-22-27;2*1-28(2,3)26-21-13-14-22-27(26)29(23-15-7-4-8-16-23,24-17-9-5-10-18-24)25-19-11-6-12-20-25;1-25(2,3)24-22(16-11-17-23(24)27(4,5)6)26-20-14-9-7-12-18(20)19-13-8-10-15-21(19)26;1-18(2,3)15-11-8-10-14-13-9-6-7-12-16(13)19(4,5)17(14)15/h7-24H,1-6H3;13-14,21-25H,4-12,15-20H2,1-3H3;4-22H,1-3H3;7-17H,1-6H3;6-12H,1-5H3. The summed E-state index contributed by atoms with van der Waals surface area (Å²) in [6.07, 6.45) is 22.9. The monoisotopic (exact) mass is 1890 g/mol. The van der Waals surface area contributed by atoms with Crippen molar-refractivity contribution in [3.05, 3.63) is 391 Å². The topological polar surface area (TPSA) is 4.93 Å². The third-order valence-electron chi connectivity index (χ3n) is 31.3. The fourth-order valence-electron chi connectivity index (χ4n) is 25.5. The Labute approximate surface area is 833 Å². The maximum absolute atomic E-state index is 2.67. The van der Waals surface area contributed by atoms with E-state index >= 15 is 0 Å². The number of hydrogen-bond acceptors (Lipinski definition) is 0. The van der Waals surface area contributed by atoms with Crippen LogP contribution in [0.5, 0.6) is 0 Å². The van der Waals surface area contributed by atoms with E-state index in [9.17, 15) is 0 Å². The third kappa shape index (κ3) is 20.8. The van der Waals surface area contributed by atoms with E-state index in [-0.39, 0.29) is 32.5 Å². The lowest BCUT2D eigenvalue weighted by molar-refractivity contribution is 0.420. The molecule has 2 heterocycles. The molecule has 3 aliphatic carbocycles. The van der Waals surface area contributed by atoms with Crippen LogP contribution in [0.15, 0.2) is 358 Å². The molecule has 0 N–H and O–H groups in total. The van der Waals surface area contributed by atoms with Crippen molar-refractivity contribution >= 4 is 124 Å². The van der Waals surface area contributed by atoms with Crippen LogP contribution in [0.25, 0.3) is 38.6 Å². The SMILES string of the molecule is CC(C)(C)c1c(-n2c3ccccc3c3ccccc32)cccc1[Si](C)(C)C.CC(C)(C)c1cccc([Si](c2ccccc2)(c2ccccc2)c2ccccc2)c1C(C)(C)C.CC(C)(C)c1cccc2c1[Si](C)(C)c1ccccc1-2.CC(C)(C)c1ccccc1[Si](C1CCCCC1)(C1CCCCC1)C1CCCCC1.CC(C)(C)c1ccccc1[Si](c1ccccc1)(c1ccccc1)c1ccccc1. The molecule has 14 aromatic carbocycles. The second kappa shape index (κ2) is 41.8. The van der Waals surface area contributed by atoms with Crippen LogP contribution < -0.4 is 62.2 Å². The highest BCUT2D eigenvalue weighted by molar-refractivity contribution is 7.21. The van der Waals surface area contributed by atoms with E-state index in [1.54, 1.807) is 59.6 Å². The number of hydrogen-bond donors (Lipinski definition) is 0. The number of fused-ring (bicyclic) bond motifs is 6. The van der Waals surface area contributed by atoms with Gasteiger partial charge in [-0.15, -0.1) is 0 Å². The molecule has 1 nitrogen and oxygen atoms in total. The lowest BCUT2D eigenvalue weighted by atomic mass is 9.75. The average Bonchev–Trinajstić information content (AvgIpc) is 1.28. The summed E-state index contributed by atoms with van der Waals surface area (Å²) in [5.74, 6) is 0. The van der Waals surface area contributed by atoms with Gasteiger partial charge in [0.25, 0.3) is 0 Å². The second-order valence-electron chi connectivity index (χ2n) is 48.2. The van der Waals surface area contributed by atoms with Gasteiger partial charge in [0.15, 0.2) is 16.1 Å². The average molecular weight is 1890 g/mol. The van der Waals surface area contributed by atoms with Crippen LogP contribution in [-0.4, -0.2) is 44.9 Å². The molecular weight excluding hydrogens is 1730 g/mol. The summed E-state index contributed by atoms with van der Waals surface area (Å²) in [5, 5.41) is 21.0. The molecule has 19 rings (SSSR count). The third-order valence-corrected chi connectivity index (χ3v) is 53.7. The molecule has 3 fully saturated rings. The van der Waals surface area contributed by atoms with Crippen molar-refractivity contribution in [2.24, 2.45) is 0 Å². The van der Waals surface area contributed by atoms with Gasteiger partial charge in [-0.1, -0.05) is 604 Å². The number of rotatable bonds is 14. The van der Waals surface area contributed by atoms with Gasteiger partial charge in [-0.25, -0.2) is 0 Å². The minimum Gasteiger partial charge on any atom is -0.309 e. The summed E-state index contributed by atoms with van der Waals surface area (Å²) in [6, 6.07) is 134. The molecule has 0 spiro atoms. The van der Waals surface area contributed by atoms with E-state index in [0.29, 0.717) is 0 Å². The van der Waals surface area contributed by atoms with Crippen LogP contribution in [0.3, 0.4) is 0 Å². The first-order chi connectivity index (χ1) is 65.3. The van der Waals surface area contributed by atoms with Crippen LogP contribution in [0.1, 0.15) is 254 Å².